The first-order valence-corrected chi connectivity index (χ1v) is 8.99. The van der Waals surface area contributed by atoms with Gasteiger partial charge in [0.05, 0.1) is 11.4 Å². The van der Waals surface area contributed by atoms with Gasteiger partial charge >= 0.3 is 0 Å². The van der Waals surface area contributed by atoms with Gasteiger partial charge in [0, 0.05) is 13.0 Å². The van der Waals surface area contributed by atoms with Crippen LogP contribution in [0.15, 0.2) is 23.4 Å². The van der Waals surface area contributed by atoms with Gasteiger partial charge in [-0.25, -0.2) is 14.3 Å². The van der Waals surface area contributed by atoms with E-state index in [4.69, 9.17) is 10.1 Å². The summed E-state index contributed by atoms with van der Waals surface area (Å²) in [4.78, 5) is 4.78. The Balaban J connectivity index is 1.66. The molecule has 0 radical (unpaired) electrons. The van der Waals surface area contributed by atoms with E-state index in [-0.39, 0.29) is 0 Å². The molecule has 24 heavy (non-hydrogen) atoms. The Bertz CT molecular complexity index is 878. The van der Waals surface area contributed by atoms with Crippen molar-refractivity contribution < 1.29 is 0 Å². The monoisotopic (exact) mass is 341 g/mol. The largest absolute Gasteiger partial charge is 0.224 e. The van der Waals surface area contributed by atoms with E-state index in [1.165, 1.54) is 24.0 Å². The fourth-order valence-corrected chi connectivity index (χ4v) is 3.27. The van der Waals surface area contributed by atoms with E-state index in [9.17, 15) is 0 Å². The average molecular weight is 341 g/mol. The van der Waals surface area contributed by atoms with Crippen LogP contribution in [0.3, 0.4) is 0 Å². The first-order valence-electron chi connectivity index (χ1n) is 8.00. The van der Waals surface area contributed by atoms with Gasteiger partial charge in [0.25, 0.3) is 0 Å². The van der Waals surface area contributed by atoms with E-state index in [1.54, 1.807) is 16.4 Å². The summed E-state index contributed by atoms with van der Waals surface area (Å²) >= 11 is 1.57. The van der Waals surface area contributed by atoms with Gasteiger partial charge in [-0.1, -0.05) is 17.8 Å². The molecule has 1 aliphatic carbocycles. The van der Waals surface area contributed by atoms with Gasteiger partial charge in [0.1, 0.15) is 5.82 Å². The molecule has 0 unspecified atom stereocenters. The summed E-state index contributed by atoms with van der Waals surface area (Å²) in [7, 11) is 1.84. The number of aryl methyl sites for hydroxylation is 3. The number of hydrogen-bond acceptors (Lipinski definition) is 6. The normalized spacial score (nSPS) is 14.3. The minimum absolute atomic E-state index is 0.526. The molecule has 3 aromatic rings. The molecule has 0 N–H and O–H groups in total. The summed E-state index contributed by atoms with van der Waals surface area (Å²) in [6.07, 6.45) is 2.38. The minimum atomic E-state index is 0.526. The van der Waals surface area contributed by atoms with Gasteiger partial charge in [-0.15, -0.1) is 5.10 Å². The zero-order valence-corrected chi connectivity index (χ0v) is 14.8. The van der Waals surface area contributed by atoms with Gasteiger partial charge in [-0.05, 0) is 60.4 Å². The molecule has 124 valence electrons. The van der Waals surface area contributed by atoms with Crippen molar-refractivity contribution in [3.63, 3.8) is 0 Å². The number of thioether (sulfide) groups is 1. The zero-order chi connectivity index (χ0) is 16.7. The Morgan fingerprint density at radius 1 is 1.21 bits per heavy atom. The number of benzene rings is 1. The predicted molar refractivity (Wildman–Crippen MR) is 91.2 cm³/mol. The fourth-order valence-electron chi connectivity index (χ4n) is 2.51. The average Bonchev–Trinajstić information content (AvgIpc) is 3.21. The third-order valence-electron chi connectivity index (χ3n) is 4.28. The standard InChI is InChI=1S/C16H19N7S/c1-10-4-7-13(8-11(10)2)23-14(17-15(19-23)12-5-6-12)9-24-16-18-20-21-22(16)3/h4,7-8,12H,5-6,9H2,1-3H3. The third-order valence-corrected chi connectivity index (χ3v) is 5.29. The zero-order valence-electron chi connectivity index (χ0n) is 14.0. The lowest BCUT2D eigenvalue weighted by atomic mass is 10.1. The van der Waals surface area contributed by atoms with Crippen molar-refractivity contribution in [2.45, 2.75) is 43.5 Å². The highest BCUT2D eigenvalue weighted by molar-refractivity contribution is 7.98. The maximum atomic E-state index is 4.78. The predicted octanol–water partition coefficient (Wildman–Crippen LogP) is 2.58. The SMILES string of the molecule is Cc1ccc(-n2nc(C3CC3)nc2CSc2nnnn2C)cc1C. The van der Waals surface area contributed by atoms with Crippen molar-refractivity contribution in [2.24, 2.45) is 7.05 Å². The number of hydrogen-bond donors (Lipinski definition) is 0. The summed E-state index contributed by atoms with van der Waals surface area (Å²) < 4.78 is 3.64. The Morgan fingerprint density at radius 3 is 2.71 bits per heavy atom. The van der Waals surface area contributed by atoms with Crippen LogP contribution in [0.4, 0.5) is 0 Å². The van der Waals surface area contributed by atoms with E-state index in [0.717, 1.165) is 22.5 Å². The Morgan fingerprint density at radius 2 is 2.04 bits per heavy atom. The van der Waals surface area contributed by atoms with Crippen molar-refractivity contribution in [3.8, 4) is 5.69 Å². The molecular formula is C16H19N7S. The van der Waals surface area contributed by atoms with Gasteiger partial charge < -0.3 is 0 Å². The minimum Gasteiger partial charge on any atom is -0.224 e. The van der Waals surface area contributed by atoms with Crippen molar-refractivity contribution in [3.05, 3.63) is 41.0 Å². The topological polar surface area (TPSA) is 74.3 Å². The second kappa shape index (κ2) is 6.01. The molecule has 0 spiro atoms. The first-order chi connectivity index (χ1) is 11.6. The summed E-state index contributed by atoms with van der Waals surface area (Å²) in [6, 6.07) is 6.40. The highest BCUT2D eigenvalue weighted by Gasteiger charge is 2.29. The van der Waals surface area contributed by atoms with Gasteiger partial charge in [-0.3, -0.25) is 0 Å². The molecule has 1 aromatic carbocycles. The van der Waals surface area contributed by atoms with Crippen molar-refractivity contribution in [1.82, 2.24) is 35.0 Å². The fraction of sp³-hybridized carbons (Fsp3) is 0.438. The van der Waals surface area contributed by atoms with E-state index in [0.29, 0.717) is 11.7 Å². The van der Waals surface area contributed by atoms with Crippen molar-refractivity contribution >= 4 is 11.8 Å². The maximum Gasteiger partial charge on any atom is 0.209 e. The highest BCUT2D eigenvalue weighted by atomic mass is 32.2. The Hall–Kier alpha value is -2.22. The third kappa shape index (κ3) is 2.93. The molecule has 2 aromatic heterocycles. The summed E-state index contributed by atoms with van der Waals surface area (Å²) in [5.41, 5.74) is 3.60. The molecule has 8 heteroatoms. The molecule has 0 saturated heterocycles. The van der Waals surface area contributed by atoms with Gasteiger partial charge in [-0.2, -0.15) is 5.10 Å². The van der Waals surface area contributed by atoms with E-state index in [2.05, 4.69) is 47.6 Å². The van der Waals surface area contributed by atoms with Crippen LogP contribution >= 0.6 is 11.8 Å². The molecule has 0 aliphatic heterocycles. The molecule has 7 nitrogen and oxygen atoms in total. The van der Waals surface area contributed by atoms with Crippen molar-refractivity contribution in [2.75, 3.05) is 0 Å². The summed E-state index contributed by atoms with van der Waals surface area (Å²) in [6.45, 7) is 4.24. The Labute approximate surface area is 144 Å². The van der Waals surface area contributed by atoms with E-state index in [1.807, 2.05) is 11.7 Å². The van der Waals surface area contributed by atoms with E-state index >= 15 is 0 Å². The van der Waals surface area contributed by atoms with Gasteiger partial charge in [0.15, 0.2) is 5.82 Å². The molecule has 2 heterocycles. The number of aromatic nitrogens is 7. The molecule has 1 fully saturated rings. The molecule has 1 saturated carbocycles. The van der Waals surface area contributed by atoms with Crippen LogP contribution < -0.4 is 0 Å². The number of rotatable bonds is 5. The lowest BCUT2D eigenvalue weighted by Gasteiger charge is -2.08. The van der Waals surface area contributed by atoms with Crippen LogP contribution in [-0.4, -0.2) is 35.0 Å². The number of tetrazole rings is 1. The highest BCUT2D eigenvalue weighted by Crippen LogP contribution is 2.38. The first kappa shape index (κ1) is 15.3. The van der Waals surface area contributed by atoms with Crippen molar-refractivity contribution in [1.29, 1.82) is 0 Å². The Kier molecular flexibility index (Phi) is 3.84. The van der Waals surface area contributed by atoms with Gasteiger partial charge in [0.2, 0.25) is 5.16 Å². The molecule has 0 atom stereocenters. The number of nitrogens with zero attached hydrogens (tertiary/aromatic N) is 7. The quantitative estimate of drug-likeness (QED) is 0.664. The second-order valence-corrected chi connectivity index (χ2v) is 7.16. The van der Waals surface area contributed by atoms with Crippen LogP contribution in [0.1, 0.15) is 41.5 Å². The molecule has 4 rings (SSSR count). The van der Waals surface area contributed by atoms with Crippen LogP contribution in [-0.2, 0) is 12.8 Å². The maximum absolute atomic E-state index is 4.78. The molecule has 0 amide bonds. The summed E-state index contributed by atoms with van der Waals surface area (Å²) in [5.74, 6) is 3.10. The smallest absolute Gasteiger partial charge is 0.209 e. The molecular weight excluding hydrogens is 322 g/mol. The summed E-state index contributed by atoms with van der Waals surface area (Å²) in [5, 5.41) is 17.1. The van der Waals surface area contributed by atoms with Crippen LogP contribution in [0.5, 0.6) is 0 Å². The molecule has 0 bridgehead atoms. The van der Waals surface area contributed by atoms with Crippen LogP contribution in [0.25, 0.3) is 5.69 Å². The van der Waals surface area contributed by atoms with E-state index < -0.39 is 0 Å². The lowest BCUT2D eigenvalue weighted by Crippen LogP contribution is -2.03. The molecule has 1 aliphatic rings. The van der Waals surface area contributed by atoms with Crippen LogP contribution in [0, 0.1) is 13.8 Å². The second-order valence-electron chi connectivity index (χ2n) is 6.21. The lowest BCUT2D eigenvalue weighted by molar-refractivity contribution is 0.664. The van der Waals surface area contributed by atoms with Crippen LogP contribution in [0.2, 0.25) is 0 Å².